The van der Waals surface area contributed by atoms with Gasteiger partial charge in [0.2, 0.25) is 0 Å². The second-order valence-corrected chi connectivity index (χ2v) is 3.95. The average molecular weight is 267 g/mol. The summed E-state index contributed by atoms with van der Waals surface area (Å²) in [6.07, 6.45) is 1.46. The summed E-state index contributed by atoms with van der Waals surface area (Å²) in [7, 11) is 1.46. The van der Waals surface area contributed by atoms with Crippen molar-refractivity contribution in [3.8, 4) is 5.75 Å². The number of rotatable bonds is 7. The lowest BCUT2D eigenvalue weighted by Crippen LogP contribution is -2.04. The Morgan fingerprint density at radius 1 is 1.37 bits per heavy atom. The van der Waals surface area contributed by atoms with Crippen molar-refractivity contribution in [2.75, 3.05) is 13.7 Å². The van der Waals surface area contributed by atoms with E-state index in [0.717, 1.165) is 5.56 Å². The average Bonchev–Trinajstić information content (AvgIpc) is 2.38. The number of methoxy groups -OCH3 is 1. The highest BCUT2D eigenvalue weighted by atomic mass is 16.6. The fraction of sp³-hybridized carbons (Fsp3) is 0.462. The van der Waals surface area contributed by atoms with Crippen LogP contribution >= 0.6 is 0 Å². The highest BCUT2D eigenvalue weighted by Gasteiger charge is 2.10. The van der Waals surface area contributed by atoms with E-state index in [2.05, 4.69) is 0 Å². The molecule has 104 valence electrons. The third kappa shape index (κ3) is 4.95. The number of benzene rings is 1. The van der Waals surface area contributed by atoms with Crippen molar-refractivity contribution in [3.05, 3.63) is 33.9 Å². The van der Waals surface area contributed by atoms with Crippen molar-refractivity contribution < 1.29 is 19.2 Å². The summed E-state index contributed by atoms with van der Waals surface area (Å²) in [6, 6.07) is 4.60. The fourth-order valence-electron chi connectivity index (χ4n) is 1.68. The van der Waals surface area contributed by atoms with Gasteiger partial charge in [0, 0.05) is 12.5 Å². The lowest BCUT2D eigenvalue weighted by atomic mass is 10.1. The number of esters is 1. The van der Waals surface area contributed by atoms with Gasteiger partial charge in [-0.25, -0.2) is 0 Å². The molecule has 0 fully saturated rings. The first-order valence-electron chi connectivity index (χ1n) is 6.04. The number of nitro groups is 1. The van der Waals surface area contributed by atoms with Crippen LogP contribution < -0.4 is 4.74 Å². The Morgan fingerprint density at radius 2 is 2.11 bits per heavy atom. The van der Waals surface area contributed by atoms with Gasteiger partial charge in [-0.15, -0.1) is 0 Å². The number of aryl methyl sites for hydroxylation is 1. The maximum absolute atomic E-state index is 11.2. The van der Waals surface area contributed by atoms with Crippen LogP contribution in [0.15, 0.2) is 18.2 Å². The van der Waals surface area contributed by atoms with Crippen molar-refractivity contribution in [2.45, 2.75) is 26.2 Å². The number of ether oxygens (including phenoxy) is 2. The smallest absolute Gasteiger partial charge is 0.305 e. The molecule has 0 saturated carbocycles. The molecule has 1 aromatic carbocycles. The molecule has 0 atom stereocenters. The minimum absolute atomic E-state index is 0.00881. The minimum atomic E-state index is -0.461. The lowest BCUT2D eigenvalue weighted by molar-refractivity contribution is -0.385. The van der Waals surface area contributed by atoms with Gasteiger partial charge in [-0.1, -0.05) is 0 Å². The van der Waals surface area contributed by atoms with Gasteiger partial charge in [-0.3, -0.25) is 14.9 Å². The number of non-ortho nitro benzene ring substituents is 1. The Morgan fingerprint density at radius 3 is 2.68 bits per heavy atom. The van der Waals surface area contributed by atoms with Gasteiger partial charge in [0.05, 0.1) is 24.7 Å². The van der Waals surface area contributed by atoms with Crippen LogP contribution in [0.3, 0.4) is 0 Å². The number of carbonyl (C=O) groups is 1. The highest BCUT2D eigenvalue weighted by Crippen LogP contribution is 2.23. The van der Waals surface area contributed by atoms with Crippen LogP contribution in [0.5, 0.6) is 5.75 Å². The predicted octanol–water partition coefficient (Wildman–Crippen LogP) is 2.49. The molecule has 19 heavy (non-hydrogen) atoms. The zero-order valence-electron chi connectivity index (χ0n) is 11.0. The topological polar surface area (TPSA) is 78.7 Å². The van der Waals surface area contributed by atoms with Crippen molar-refractivity contribution >= 4 is 11.7 Å². The summed E-state index contributed by atoms with van der Waals surface area (Å²) in [5, 5.41) is 10.8. The number of hydrogen-bond acceptors (Lipinski definition) is 5. The molecule has 0 bridgehead atoms. The van der Waals surface area contributed by atoms with Crippen molar-refractivity contribution in [1.29, 1.82) is 0 Å². The molecule has 0 spiro atoms. The van der Waals surface area contributed by atoms with Crippen LogP contribution in [-0.2, 0) is 16.0 Å². The van der Waals surface area contributed by atoms with Gasteiger partial charge in [0.25, 0.3) is 5.69 Å². The monoisotopic (exact) mass is 267 g/mol. The van der Waals surface area contributed by atoms with E-state index in [9.17, 15) is 14.9 Å². The Hall–Kier alpha value is -2.11. The van der Waals surface area contributed by atoms with E-state index < -0.39 is 4.92 Å². The molecule has 0 aliphatic rings. The molecule has 0 aliphatic carbocycles. The van der Waals surface area contributed by atoms with Gasteiger partial charge in [0.1, 0.15) is 5.75 Å². The number of nitro benzene ring substituents is 1. The molecule has 0 aliphatic heterocycles. The van der Waals surface area contributed by atoms with E-state index in [1.54, 1.807) is 13.0 Å². The van der Waals surface area contributed by atoms with Crippen LogP contribution in [0, 0.1) is 10.1 Å². The molecule has 0 aromatic heterocycles. The third-order valence-corrected chi connectivity index (χ3v) is 2.55. The van der Waals surface area contributed by atoms with Crippen LogP contribution in [0.2, 0.25) is 0 Å². The van der Waals surface area contributed by atoms with E-state index in [1.165, 1.54) is 19.2 Å². The van der Waals surface area contributed by atoms with Gasteiger partial charge >= 0.3 is 5.97 Å². The standard InChI is InChI=1S/C13H17NO5/c1-3-19-13(15)6-4-5-10-7-11(14(16)17)9-12(8-10)18-2/h7-9H,3-6H2,1-2H3. The minimum Gasteiger partial charge on any atom is -0.496 e. The summed E-state index contributed by atoms with van der Waals surface area (Å²) in [4.78, 5) is 21.5. The SMILES string of the molecule is CCOC(=O)CCCc1cc(OC)cc([N+](=O)[O-])c1. The summed E-state index contributed by atoms with van der Waals surface area (Å²) in [5.41, 5.74) is 0.765. The fourth-order valence-corrected chi connectivity index (χ4v) is 1.68. The van der Waals surface area contributed by atoms with Crippen LogP contribution in [0.25, 0.3) is 0 Å². The maximum Gasteiger partial charge on any atom is 0.305 e. The zero-order chi connectivity index (χ0) is 14.3. The molecule has 0 saturated heterocycles. The van der Waals surface area contributed by atoms with Crippen molar-refractivity contribution in [1.82, 2.24) is 0 Å². The molecule has 6 nitrogen and oxygen atoms in total. The first-order chi connectivity index (χ1) is 9.06. The largest absolute Gasteiger partial charge is 0.496 e. The molecule has 0 amide bonds. The zero-order valence-corrected chi connectivity index (χ0v) is 11.0. The van der Waals surface area contributed by atoms with E-state index in [0.29, 0.717) is 31.6 Å². The van der Waals surface area contributed by atoms with E-state index in [4.69, 9.17) is 9.47 Å². The van der Waals surface area contributed by atoms with Crippen LogP contribution in [0.1, 0.15) is 25.3 Å². The highest BCUT2D eigenvalue weighted by molar-refractivity contribution is 5.69. The number of hydrogen-bond donors (Lipinski definition) is 0. The normalized spacial score (nSPS) is 10.0. The first-order valence-corrected chi connectivity index (χ1v) is 6.04. The first kappa shape index (κ1) is 14.9. The molecule has 0 unspecified atom stereocenters. The van der Waals surface area contributed by atoms with E-state index in [-0.39, 0.29) is 11.7 Å². The Kier molecular flexibility index (Phi) is 5.78. The molecule has 0 radical (unpaired) electrons. The number of nitrogens with zero attached hydrogens (tertiary/aromatic N) is 1. The van der Waals surface area contributed by atoms with Crippen LogP contribution in [0.4, 0.5) is 5.69 Å². The number of carbonyl (C=O) groups excluding carboxylic acids is 1. The van der Waals surface area contributed by atoms with E-state index >= 15 is 0 Å². The van der Waals surface area contributed by atoms with Crippen molar-refractivity contribution in [3.63, 3.8) is 0 Å². The Bertz CT molecular complexity index is 458. The third-order valence-electron chi connectivity index (χ3n) is 2.55. The quantitative estimate of drug-likeness (QED) is 0.431. The molecule has 0 heterocycles. The van der Waals surface area contributed by atoms with Crippen LogP contribution in [-0.4, -0.2) is 24.6 Å². The Balaban J connectivity index is 2.64. The van der Waals surface area contributed by atoms with Gasteiger partial charge in [-0.05, 0) is 31.4 Å². The molecule has 6 heteroatoms. The predicted molar refractivity (Wildman–Crippen MR) is 69.2 cm³/mol. The maximum atomic E-state index is 11.2. The van der Waals surface area contributed by atoms with Crippen molar-refractivity contribution in [2.24, 2.45) is 0 Å². The lowest BCUT2D eigenvalue weighted by Gasteiger charge is -2.05. The van der Waals surface area contributed by atoms with Gasteiger partial charge in [-0.2, -0.15) is 0 Å². The molecular formula is C13H17NO5. The van der Waals surface area contributed by atoms with Gasteiger partial charge < -0.3 is 9.47 Å². The van der Waals surface area contributed by atoms with Gasteiger partial charge in [0.15, 0.2) is 0 Å². The molecule has 1 rings (SSSR count). The molecule has 1 aromatic rings. The Labute approximate surface area is 111 Å². The summed E-state index contributed by atoms with van der Waals surface area (Å²) in [5.74, 6) is 0.195. The second-order valence-electron chi connectivity index (χ2n) is 3.95. The second kappa shape index (κ2) is 7.35. The summed E-state index contributed by atoms with van der Waals surface area (Å²) < 4.78 is 9.83. The summed E-state index contributed by atoms with van der Waals surface area (Å²) in [6.45, 7) is 2.12. The van der Waals surface area contributed by atoms with E-state index in [1.807, 2.05) is 0 Å². The summed E-state index contributed by atoms with van der Waals surface area (Å²) >= 11 is 0. The molecule has 0 N–H and O–H groups in total. The molecular weight excluding hydrogens is 250 g/mol.